The Bertz CT molecular complexity index is 792. The van der Waals surface area contributed by atoms with E-state index in [1.165, 1.54) is 0 Å². The van der Waals surface area contributed by atoms with Crippen molar-refractivity contribution >= 4 is 29.3 Å². The molecule has 0 fully saturated rings. The van der Waals surface area contributed by atoms with E-state index in [1.54, 1.807) is 22.7 Å². The van der Waals surface area contributed by atoms with Crippen molar-refractivity contribution in [2.45, 2.75) is 24.3 Å². The van der Waals surface area contributed by atoms with Crippen LogP contribution in [0.4, 0.5) is 5.69 Å². The molecule has 1 heterocycles. The molecule has 2 aromatic carbocycles. The number of carbonyl (C=O) groups excluding carboxylic acids is 2. The summed E-state index contributed by atoms with van der Waals surface area (Å²) >= 11 is 1.63. The summed E-state index contributed by atoms with van der Waals surface area (Å²) in [4.78, 5) is 28.2. The second-order valence-corrected chi connectivity index (χ2v) is 6.89. The average molecular weight is 370 g/mol. The van der Waals surface area contributed by atoms with Crippen molar-refractivity contribution in [1.29, 1.82) is 0 Å². The van der Waals surface area contributed by atoms with Gasteiger partial charge in [-0.05, 0) is 49.1 Å². The topological polar surface area (TPSA) is 58.6 Å². The van der Waals surface area contributed by atoms with Crippen LogP contribution in [-0.4, -0.2) is 37.3 Å². The van der Waals surface area contributed by atoms with E-state index in [0.717, 1.165) is 11.3 Å². The first-order valence-electron chi connectivity index (χ1n) is 8.63. The van der Waals surface area contributed by atoms with E-state index < -0.39 is 6.10 Å². The summed E-state index contributed by atoms with van der Waals surface area (Å²) in [6, 6.07) is 14.8. The standard InChI is InChI=1S/C20H22N2O3S/c1-3-12-21-19(23)18-13-22(16-6-4-5-7-17(16)25-18)20(24)14-8-10-15(26-2)11-9-14/h4-11,18H,3,12-13H2,1-2H3,(H,21,23)/t18-/m0/s1. The zero-order valence-corrected chi connectivity index (χ0v) is 15.7. The van der Waals surface area contributed by atoms with E-state index in [0.29, 0.717) is 23.5 Å². The van der Waals surface area contributed by atoms with E-state index in [2.05, 4.69) is 5.32 Å². The molecule has 0 unspecified atom stereocenters. The summed E-state index contributed by atoms with van der Waals surface area (Å²) in [6.45, 7) is 2.77. The monoisotopic (exact) mass is 370 g/mol. The van der Waals surface area contributed by atoms with Crippen molar-refractivity contribution in [2.75, 3.05) is 24.2 Å². The lowest BCUT2D eigenvalue weighted by Crippen LogP contribution is -2.50. The molecule has 0 saturated heterocycles. The van der Waals surface area contributed by atoms with Crippen LogP contribution in [0, 0.1) is 0 Å². The Labute approximate surface area is 157 Å². The van der Waals surface area contributed by atoms with E-state index in [9.17, 15) is 9.59 Å². The number of fused-ring (bicyclic) bond motifs is 1. The lowest BCUT2D eigenvalue weighted by atomic mass is 10.1. The number of benzene rings is 2. The van der Waals surface area contributed by atoms with Crippen molar-refractivity contribution in [1.82, 2.24) is 5.32 Å². The number of rotatable bonds is 5. The Morgan fingerprint density at radius 3 is 2.62 bits per heavy atom. The lowest BCUT2D eigenvalue weighted by molar-refractivity contribution is -0.127. The predicted octanol–water partition coefficient (Wildman–Crippen LogP) is 3.34. The molecule has 1 N–H and O–H groups in total. The molecule has 0 bridgehead atoms. The number of hydrogen-bond acceptors (Lipinski definition) is 4. The van der Waals surface area contributed by atoms with Crippen LogP contribution in [-0.2, 0) is 4.79 Å². The van der Waals surface area contributed by atoms with Crippen LogP contribution in [0.15, 0.2) is 53.4 Å². The maximum absolute atomic E-state index is 13.1. The molecule has 1 aliphatic rings. The van der Waals surface area contributed by atoms with Gasteiger partial charge in [-0.25, -0.2) is 0 Å². The Morgan fingerprint density at radius 2 is 1.92 bits per heavy atom. The normalized spacial score (nSPS) is 15.8. The molecule has 1 atom stereocenters. The molecule has 0 aromatic heterocycles. The van der Waals surface area contributed by atoms with Gasteiger partial charge in [-0.2, -0.15) is 0 Å². The number of nitrogens with zero attached hydrogens (tertiary/aromatic N) is 1. The summed E-state index contributed by atoms with van der Waals surface area (Å²) in [7, 11) is 0. The smallest absolute Gasteiger partial charge is 0.262 e. The van der Waals surface area contributed by atoms with Crippen LogP contribution in [0.25, 0.3) is 0 Å². The Morgan fingerprint density at radius 1 is 1.19 bits per heavy atom. The van der Waals surface area contributed by atoms with E-state index >= 15 is 0 Å². The van der Waals surface area contributed by atoms with Crippen LogP contribution >= 0.6 is 11.8 Å². The van der Waals surface area contributed by atoms with Crippen LogP contribution in [0.3, 0.4) is 0 Å². The van der Waals surface area contributed by atoms with E-state index in [-0.39, 0.29) is 18.4 Å². The molecule has 0 saturated carbocycles. The fourth-order valence-electron chi connectivity index (χ4n) is 2.81. The highest BCUT2D eigenvalue weighted by Gasteiger charge is 2.33. The summed E-state index contributed by atoms with van der Waals surface area (Å²) in [6.07, 6.45) is 2.12. The van der Waals surface area contributed by atoms with Crippen LogP contribution in [0.1, 0.15) is 23.7 Å². The number of para-hydroxylation sites is 2. The maximum Gasteiger partial charge on any atom is 0.262 e. The fraction of sp³-hybridized carbons (Fsp3) is 0.300. The zero-order valence-electron chi connectivity index (χ0n) is 14.9. The number of amides is 2. The van der Waals surface area contributed by atoms with Gasteiger partial charge in [-0.15, -0.1) is 11.8 Å². The fourth-order valence-corrected chi connectivity index (χ4v) is 3.22. The Hall–Kier alpha value is -2.47. The van der Waals surface area contributed by atoms with Gasteiger partial charge < -0.3 is 15.0 Å². The third kappa shape index (κ3) is 3.85. The molecule has 6 heteroatoms. The molecular formula is C20H22N2O3S. The maximum atomic E-state index is 13.1. The Kier molecular flexibility index (Phi) is 5.83. The molecule has 0 aliphatic carbocycles. The number of nitrogens with one attached hydrogen (secondary N) is 1. The number of anilines is 1. The molecule has 0 spiro atoms. The summed E-state index contributed by atoms with van der Waals surface area (Å²) in [5.74, 6) is 0.211. The number of carbonyl (C=O) groups is 2. The first-order valence-corrected chi connectivity index (χ1v) is 9.85. The van der Waals surface area contributed by atoms with Crippen molar-refractivity contribution < 1.29 is 14.3 Å². The third-order valence-electron chi connectivity index (χ3n) is 4.20. The van der Waals surface area contributed by atoms with Gasteiger partial charge in [0.1, 0.15) is 5.75 Å². The molecule has 2 aromatic rings. The quantitative estimate of drug-likeness (QED) is 0.820. The SMILES string of the molecule is CCCNC(=O)[C@@H]1CN(C(=O)c2ccc(SC)cc2)c2ccccc2O1. The summed E-state index contributed by atoms with van der Waals surface area (Å²) < 4.78 is 5.83. The van der Waals surface area contributed by atoms with Gasteiger partial charge in [0, 0.05) is 17.0 Å². The third-order valence-corrected chi connectivity index (χ3v) is 4.94. The van der Waals surface area contributed by atoms with Crippen molar-refractivity contribution in [2.24, 2.45) is 0 Å². The van der Waals surface area contributed by atoms with Crippen molar-refractivity contribution in [3.8, 4) is 5.75 Å². The number of ether oxygens (including phenoxy) is 1. The van der Waals surface area contributed by atoms with Gasteiger partial charge in [0.05, 0.1) is 12.2 Å². The van der Waals surface area contributed by atoms with Gasteiger partial charge in [0.2, 0.25) is 0 Å². The number of hydrogen-bond donors (Lipinski definition) is 1. The van der Waals surface area contributed by atoms with E-state index in [4.69, 9.17) is 4.74 Å². The molecule has 3 rings (SSSR count). The molecule has 136 valence electrons. The minimum absolute atomic E-state index is 0.137. The molecule has 2 amide bonds. The van der Waals surface area contributed by atoms with Gasteiger partial charge in [-0.1, -0.05) is 19.1 Å². The highest BCUT2D eigenvalue weighted by Crippen LogP contribution is 2.34. The zero-order chi connectivity index (χ0) is 18.5. The Balaban J connectivity index is 1.88. The minimum Gasteiger partial charge on any atom is -0.477 e. The van der Waals surface area contributed by atoms with Crippen LogP contribution in [0.2, 0.25) is 0 Å². The first-order chi connectivity index (χ1) is 12.6. The molecule has 5 nitrogen and oxygen atoms in total. The van der Waals surface area contributed by atoms with Gasteiger partial charge in [0.15, 0.2) is 6.10 Å². The minimum atomic E-state index is -0.717. The number of thioether (sulfide) groups is 1. The summed E-state index contributed by atoms with van der Waals surface area (Å²) in [5.41, 5.74) is 1.28. The molecule has 0 radical (unpaired) electrons. The summed E-state index contributed by atoms with van der Waals surface area (Å²) in [5, 5.41) is 2.84. The highest BCUT2D eigenvalue weighted by atomic mass is 32.2. The lowest BCUT2D eigenvalue weighted by Gasteiger charge is -2.34. The van der Waals surface area contributed by atoms with Gasteiger partial charge in [-0.3, -0.25) is 9.59 Å². The first kappa shape index (κ1) is 18.3. The molecule has 1 aliphatic heterocycles. The van der Waals surface area contributed by atoms with Crippen molar-refractivity contribution in [3.05, 3.63) is 54.1 Å². The predicted molar refractivity (Wildman–Crippen MR) is 104 cm³/mol. The molecule has 26 heavy (non-hydrogen) atoms. The second-order valence-electron chi connectivity index (χ2n) is 6.01. The van der Waals surface area contributed by atoms with Crippen molar-refractivity contribution in [3.63, 3.8) is 0 Å². The van der Waals surface area contributed by atoms with E-state index in [1.807, 2.05) is 55.6 Å². The van der Waals surface area contributed by atoms with Crippen LogP contribution < -0.4 is 15.0 Å². The molecular weight excluding hydrogens is 348 g/mol. The largest absolute Gasteiger partial charge is 0.477 e. The highest BCUT2D eigenvalue weighted by molar-refractivity contribution is 7.98. The van der Waals surface area contributed by atoms with Gasteiger partial charge in [0.25, 0.3) is 11.8 Å². The average Bonchev–Trinajstić information content (AvgIpc) is 2.70. The second kappa shape index (κ2) is 8.27. The van der Waals surface area contributed by atoms with Crippen LogP contribution in [0.5, 0.6) is 5.75 Å². The van der Waals surface area contributed by atoms with Gasteiger partial charge >= 0.3 is 0 Å².